The number of anilines is 1. The smallest absolute Gasteiger partial charge is 0.410 e. The second-order valence-electron chi connectivity index (χ2n) is 9.84. The Hall–Kier alpha value is -3.96. The van der Waals surface area contributed by atoms with Crippen molar-refractivity contribution in [2.75, 3.05) is 25.4 Å². The predicted octanol–water partition coefficient (Wildman–Crippen LogP) is 1.47. The molecule has 2 amide bonds. The Morgan fingerprint density at radius 1 is 1.20 bits per heavy atom. The zero-order valence-electron chi connectivity index (χ0n) is 22.2. The molecule has 14 heteroatoms. The molecule has 1 aromatic carbocycles. The zero-order chi connectivity index (χ0) is 29.1. The van der Waals surface area contributed by atoms with Gasteiger partial charge in [-0.15, -0.1) is 0 Å². The molecule has 5 rings (SSSR count). The predicted molar refractivity (Wildman–Crippen MR) is 148 cm³/mol. The van der Waals surface area contributed by atoms with Crippen LogP contribution in [0.15, 0.2) is 30.6 Å². The molecule has 5 N–H and O–H groups in total. The molecule has 4 atom stereocenters. The number of hydrogen-bond acceptors (Lipinski definition) is 10. The van der Waals surface area contributed by atoms with Crippen LogP contribution >= 0.6 is 11.6 Å². The van der Waals surface area contributed by atoms with Gasteiger partial charge in [-0.1, -0.05) is 17.5 Å². The van der Waals surface area contributed by atoms with Gasteiger partial charge < -0.3 is 35.6 Å². The van der Waals surface area contributed by atoms with Crippen LogP contribution in [0.4, 0.5) is 10.6 Å². The summed E-state index contributed by atoms with van der Waals surface area (Å²) in [6, 6.07) is 6.63. The number of amides is 2. The second kappa shape index (κ2) is 12.3. The molecule has 1 unspecified atom stereocenters. The molecule has 0 spiro atoms. The summed E-state index contributed by atoms with van der Waals surface area (Å²) in [5.74, 6) is 6.49. The molecule has 0 bridgehead atoms. The largest absolute Gasteiger partial charge is 0.415 e. The Kier molecular flexibility index (Phi) is 8.55. The third-order valence-electron chi connectivity index (χ3n) is 7.05. The first kappa shape index (κ1) is 28.6. The molecule has 3 aromatic rings. The number of piperidine rings is 1. The van der Waals surface area contributed by atoms with E-state index in [1.165, 1.54) is 10.9 Å². The van der Waals surface area contributed by atoms with E-state index >= 15 is 0 Å². The van der Waals surface area contributed by atoms with Gasteiger partial charge in [-0.3, -0.25) is 9.36 Å². The molecular weight excluding hydrogens is 554 g/mol. The Morgan fingerprint density at radius 3 is 2.63 bits per heavy atom. The lowest BCUT2D eigenvalue weighted by Gasteiger charge is -2.30. The standard InChI is InChI=1S/C27H30ClN7O6/c1-2-30-25(38)22-20(36)21(37)26(41-22)35-14-31-19-23(29)32-18(33-24(19)35)5-3-4-15-10-12-34(13-11-15)27(39)40-17-8-6-16(28)7-9-17/h6-9,14-15,20-22,26,36-37H,2,4,10-13H2,1H3,(H,30,38)(H2,29,32,33)/t20-,21?,22+,26-/m1/s1. The molecule has 4 heterocycles. The number of ether oxygens (including phenoxy) is 2. The van der Waals surface area contributed by atoms with Crippen molar-refractivity contribution in [3.8, 4) is 17.6 Å². The number of nitrogens with two attached hydrogens (primary N) is 1. The summed E-state index contributed by atoms with van der Waals surface area (Å²) in [4.78, 5) is 39.3. The number of carbonyl (C=O) groups is 2. The number of aliphatic hydroxyl groups is 2. The number of halogens is 1. The lowest BCUT2D eigenvalue weighted by Crippen LogP contribution is -2.42. The number of benzene rings is 1. The molecule has 0 aliphatic carbocycles. The number of aliphatic hydroxyl groups excluding tert-OH is 2. The number of rotatable bonds is 5. The van der Waals surface area contributed by atoms with Gasteiger partial charge in [0.2, 0.25) is 5.82 Å². The Labute approximate surface area is 240 Å². The normalized spacial score (nSPS) is 22.8. The minimum atomic E-state index is -1.44. The molecule has 41 heavy (non-hydrogen) atoms. The third kappa shape index (κ3) is 6.20. The van der Waals surface area contributed by atoms with Crippen molar-refractivity contribution in [1.82, 2.24) is 29.7 Å². The topological polar surface area (TPSA) is 178 Å². The van der Waals surface area contributed by atoms with E-state index in [4.69, 9.17) is 26.8 Å². The van der Waals surface area contributed by atoms with E-state index < -0.39 is 36.5 Å². The van der Waals surface area contributed by atoms with Gasteiger partial charge in [0.15, 0.2) is 23.8 Å². The van der Waals surface area contributed by atoms with Gasteiger partial charge in [-0.2, -0.15) is 0 Å². The molecule has 216 valence electrons. The van der Waals surface area contributed by atoms with E-state index in [0.29, 0.717) is 36.8 Å². The van der Waals surface area contributed by atoms with Crippen molar-refractivity contribution in [2.45, 2.75) is 50.7 Å². The molecular formula is C27H30ClN7O6. The van der Waals surface area contributed by atoms with E-state index in [9.17, 15) is 19.8 Å². The van der Waals surface area contributed by atoms with Crippen molar-refractivity contribution < 1.29 is 29.3 Å². The number of likely N-dealkylation sites (tertiary alicyclic amines) is 1. The lowest BCUT2D eigenvalue weighted by molar-refractivity contribution is -0.137. The van der Waals surface area contributed by atoms with Crippen LogP contribution in [0.5, 0.6) is 5.75 Å². The van der Waals surface area contributed by atoms with Crippen molar-refractivity contribution in [2.24, 2.45) is 5.92 Å². The average Bonchev–Trinajstić information content (AvgIpc) is 3.51. The van der Waals surface area contributed by atoms with Crippen LogP contribution < -0.4 is 15.8 Å². The van der Waals surface area contributed by atoms with Crippen molar-refractivity contribution in [1.29, 1.82) is 0 Å². The van der Waals surface area contributed by atoms with Crippen LogP contribution in [0.1, 0.15) is 38.2 Å². The number of fused-ring (bicyclic) bond motifs is 1. The number of nitrogens with one attached hydrogen (secondary N) is 1. The highest BCUT2D eigenvalue weighted by Gasteiger charge is 2.47. The Balaban J connectivity index is 1.21. The van der Waals surface area contributed by atoms with Crippen molar-refractivity contribution in [3.05, 3.63) is 41.4 Å². The van der Waals surface area contributed by atoms with Gasteiger partial charge in [0, 0.05) is 31.1 Å². The summed E-state index contributed by atoms with van der Waals surface area (Å²) in [6.07, 6.45) is -2.13. The first-order valence-electron chi connectivity index (χ1n) is 13.3. The molecule has 0 saturated carbocycles. The minimum absolute atomic E-state index is 0.0962. The number of nitrogens with zero attached hydrogens (tertiary/aromatic N) is 5. The number of hydrogen-bond donors (Lipinski definition) is 4. The third-order valence-corrected chi connectivity index (χ3v) is 7.30. The SMILES string of the molecule is CCNC(=O)[C@H]1O[C@@H](n2cnc3c(N)nc(C#CCC4CCN(C(=O)Oc5ccc(Cl)cc5)CC4)nc32)C(O)[C@H]1O. The highest BCUT2D eigenvalue weighted by atomic mass is 35.5. The quantitative estimate of drug-likeness (QED) is 0.321. The van der Waals surface area contributed by atoms with Gasteiger partial charge in [0.1, 0.15) is 23.5 Å². The minimum Gasteiger partial charge on any atom is -0.410 e. The highest BCUT2D eigenvalue weighted by molar-refractivity contribution is 6.30. The van der Waals surface area contributed by atoms with E-state index in [0.717, 1.165) is 12.8 Å². The van der Waals surface area contributed by atoms with Gasteiger partial charge in [-0.05, 0) is 55.9 Å². The van der Waals surface area contributed by atoms with Crippen LogP contribution in [0.25, 0.3) is 11.2 Å². The monoisotopic (exact) mass is 583 g/mol. The fraction of sp³-hybridized carbons (Fsp3) is 0.444. The number of nitrogen functional groups attached to an aromatic ring is 1. The maximum absolute atomic E-state index is 12.5. The van der Waals surface area contributed by atoms with E-state index in [-0.39, 0.29) is 28.7 Å². The Morgan fingerprint density at radius 2 is 1.93 bits per heavy atom. The van der Waals surface area contributed by atoms with Crippen LogP contribution in [0, 0.1) is 17.8 Å². The highest BCUT2D eigenvalue weighted by Crippen LogP contribution is 2.32. The number of likely N-dealkylation sites (N-methyl/N-ethyl adjacent to an activating group) is 1. The number of aromatic nitrogens is 4. The summed E-state index contributed by atoms with van der Waals surface area (Å²) >= 11 is 5.87. The maximum atomic E-state index is 12.5. The lowest BCUT2D eigenvalue weighted by atomic mass is 9.94. The van der Waals surface area contributed by atoms with Gasteiger partial charge >= 0.3 is 6.09 Å². The number of carbonyl (C=O) groups excluding carboxylic acids is 2. The first-order valence-corrected chi connectivity index (χ1v) is 13.6. The first-order chi connectivity index (χ1) is 19.7. The molecule has 2 aliphatic heterocycles. The van der Waals surface area contributed by atoms with Gasteiger partial charge in [0.25, 0.3) is 5.91 Å². The molecule has 0 radical (unpaired) electrons. The molecule has 13 nitrogen and oxygen atoms in total. The van der Waals surface area contributed by atoms with E-state index in [1.54, 1.807) is 36.1 Å². The second-order valence-corrected chi connectivity index (χ2v) is 10.3. The Bertz CT molecular complexity index is 1480. The molecule has 2 saturated heterocycles. The van der Waals surface area contributed by atoms with Crippen LogP contribution in [-0.2, 0) is 9.53 Å². The maximum Gasteiger partial charge on any atom is 0.415 e. The summed E-state index contributed by atoms with van der Waals surface area (Å²) in [6.45, 7) is 3.20. The fourth-order valence-electron chi connectivity index (χ4n) is 4.82. The van der Waals surface area contributed by atoms with Crippen LogP contribution in [0.2, 0.25) is 5.02 Å². The number of imidazole rings is 1. The van der Waals surface area contributed by atoms with Crippen molar-refractivity contribution >= 4 is 40.6 Å². The summed E-state index contributed by atoms with van der Waals surface area (Å²) in [5, 5.41) is 24.1. The van der Waals surface area contributed by atoms with Gasteiger partial charge in [-0.25, -0.2) is 19.7 Å². The molecule has 2 aliphatic rings. The van der Waals surface area contributed by atoms with Crippen molar-refractivity contribution in [3.63, 3.8) is 0 Å². The molecule has 2 aromatic heterocycles. The molecule has 2 fully saturated rings. The van der Waals surface area contributed by atoms with Crippen LogP contribution in [-0.4, -0.2) is 84.6 Å². The van der Waals surface area contributed by atoms with E-state index in [1.807, 2.05) is 0 Å². The summed E-state index contributed by atoms with van der Waals surface area (Å²) < 4.78 is 12.5. The van der Waals surface area contributed by atoms with Gasteiger partial charge in [0.05, 0.1) is 6.33 Å². The summed E-state index contributed by atoms with van der Waals surface area (Å²) in [5.41, 5.74) is 6.63. The summed E-state index contributed by atoms with van der Waals surface area (Å²) in [7, 11) is 0. The zero-order valence-corrected chi connectivity index (χ0v) is 23.0. The van der Waals surface area contributed by atoms with Crippen LogP contribution in [0.3, 0.4) is 0 Å². The average molecular weight is 584 g/mol. The fourth-order valence-corrected chi connectivity index (χ4v) is 4.95. The van der Waals surface area contributed by atoms with E-state index in [2.05, 4.69) is 32.1 Å².